The molecule has 2 heterocycles. The molecule has 0 radical (unpaired) electrons. The summed E-state index contributed by atoms with van der Waals surface area (Å²) in [5, 5.41) is 16.7. The minimum absolute atomic E-state index is 0.286. The van der Waals surface area contributed by atoms with E-state index in [0.29, 0.717) is 12.2 Å². The van der Waals surface area contributed by atoms with Crippen molar-refractivity contribution in [1.82, 2.24) is 30.5 Å². The lowest BCUT2D eigenvalue weighted by molar-refractivity contribution is 0.251. The van der Waals surface area contributed by atoms with E-state index in [1.165, 1.54) is 11.0 Å². The Morgan fingerprint density at radius 2 is 2.22 bits per heavy atom. The average Bonchev–Trinajstić information content (AvgIpc) is 3.10. The Morgan fingerprint density at radius 1 is 1.30 bits per heavy atom. The summed E-state index contributed by atoms with van der Waals surface area (Å²) in [7, 11) is 0. The smallest absolute Gasteiger partial charge is 0.319 e. The predicted molar refractivity (Wildman–Crippen MR) is 84.0 cm³/mol. The van der Waals surface area contributed by atoms with E-state index < -0.39 is 0 Å². The Kier molecular flexibility index (Phi) is 4.23. The number of hydrogen-bond acceptors (Lipinski definition) is 5. The van der Waals surface area contributed by atoms with Gasteiger partial charge in [0, 0.05) is 24.6 Å². The van der Waals surface area contributed by atoms with Gasteiger partial charge in [0.05, 0.1) is 5.69 Å². The fourth-order valence-electron chi connectivity index (χ4n) is 2.02. The lowest BCUT2D eigenvalue weighted by Gasteiger charge is -2.11. The summed E-state index contributed by atoms with van der Waals surface area (Å²) in [4.78, 5) is 16.1. The van der Waals surface area contributed by atoms with Gasteiger partial charge in [0.25, 0.3) is 0 Å². The van der Waals surface area contributed by atoms with Crippen LogP contribution in [0, 0.1) is 6.92 Å². The van der Waals surface area contributed by atoms with Crippen molar-refractivity contribution in [2.75, 3.05) is 5.32 Å². The molecule has 0 saturated heterocycles. The number of carbonyl (C=O) groups is 1. The van der Waals surface area contributed by atoms with E-state index in [2.05, 4.69) is 31.1 Å². The number of nitrogens with zero attached hydrogens (tertiary/aromatic N) is 5. The number of aromatic nitrogens is 5. The molecule has 23 heavy (non-hydrogen) atoms. The normalized spacial score (nSPS) is 10.3. The number of nitrogens with one attached hydrogen (secondary N) is 2. The van der Waals surface area contributed by atoms with Gasteiger partial charge in [0.2, 0.25) is 0 Å². The van der Waals surface area contributed by atoms with Crippen molar-refractivity contribution in [2.45, 2.75) is 13.5 Å². The van der Waals surface area contributed by atoms with Crippen LogP contribution in [0.25, 0.3) is 5.69 Å². The summed E-state index contributed by atoms with van der Waals surface area (Å²) in [5.41, 5.74) is 3.34. The van der Waals surface area contributed by atoms with Crippen molar-refractivity contribution in [1.29, 1.82) is 0 Å². The number of pyridine rings is 1. The number of amides is 2. The second kappa shape index (κ2) is 6.65. The number of benzene rings is 1. The van der Waals surface area contributed by atoms with Crippen molar-refractivity contribution >= 4 is 11.7 Å². The molecule has 2 N–H and O–H groups in total. The van der Waals surface area contributed by atoms with Gasteiger partial charge in [0.1, 0.15) is 6.33 Å². The van der Waals surface area contributed by atoms with Crippen LogP contribution in [0.5, 0.6) is 0 Å². The Morgan fingerprint density at radius 3 is 2.96 bits per heavy atom. The van der Waals surface area contributed by atoms with Crippen LogP contribution in [0.2, 0.25) is 0 Å². The van der Waals surface area contributed by atoms with E-state index in [9.17, 15) is 4.79 Å². The van der Waals surface area contributed by atoms with E-state index >= 15 is 0 Å². The van der Waals surface area contributed by atoms with Crippen LogP contribution in [0.3, 0.4) is 0 Å². The average molecular weight is 309 g/mol. The van der Waals surface area contributed by atoms with Crippen molar-refractivity contribution in [3.8, 4) is 5.69 Å². The van der Waals surface area contributed by atoms with E-state index in [-0.39, 0.29) is 6.03 Å². The van der Waals surface area contributed by atoms with E-state index in [0.717, 1.165) is 16.8 Å². The van der Waals surface area contributed by atoms with Crippen molar-refractivity contribution in [3.63, 3.8) is 0 Å². The molecule has 1 aromatic carbocycles. The van der Waals surface area contributed by atoms with Gasteiger partial charge in [-0.05, 0) is 46.7 Å². The number of tetrazole rings is 1. The molecule has 3 rings (SSSR count). The monoisotopic (exact) mass is 309 g/mol. The van der Waals surface area contributed by atoms with Gasteiger partial charge in [-0.1, -0.05) is 12.1 Å². The largest absolute Gasteiger partial charge is 0.334 e. The summed E-state index contributed by atoms with van der Waals surface area (Å²) >= 11 is 0. The van der Waals surface area contributed by atoms with Crippen LogP contribution < -0.4 is 10.6 Å². The van der Waals surface area contributed by atoms with Gasteiger partial charge in [-0.3, -0.25) is 4.98 Å². The highest BCUT2D eigenvalue weighted by atomic mass is 16.2. The Hall–Kier alpha value is -3.29. The lowest BCUT2D eigenvalue weighted by atomic mass is 10.2. The Balaban J connectivity index is 1.67. The lowest BCUT2D eigenvalue weighted by Crippen LogP contribution is -2.28. The van der Waals surface area contributed by atoms with Gasteiger partial charge in [-0.15, -0.1) is 5.10 Å². The maximum Gasteiger partial charge on any atom is 0.319 e. The molecule has 0 aliphatic heterocycles. The van der Waals surface area contributed by atoms with Crippen LogP contribution in [0.4, 0.5) is 10.5 Å². The predicted octanol–water partition coefficient (Wildman–Crippen LogP) is 1.69. The number of urea groups is 1. The fraction of sp³-hybridized carbons (Fsp3) is 0.133. The third-order valence-electron chi connectivity index (χ3n) is 3.26. The molecule has 2 aromatic heterocycles. The third-order valence-corrected chi connectivity index (χ3v) is 3.26. The zero-order chi connectivity index (χ0) is 16.1. The topological polar surface area (TPSA) is 97.6 Å². The van der Waals surface area contributed by atoms with Crippen molar-refractivity contribution < 1.29 is 4.79 Å². The third kappa shape index (κ3) is 3.67. The maximum atomic E-state index is 12.0. The Bertz CT molecular complexity index is 787. The molecule has 0 spiro atoms. The molecule has 0 atom stereocenters. The summed E-state index contributed by atoms with van der Waals surface area (Å²) in [5.74, 6) is 0. The molecule has 3 aromatic rings. The molecule has 8 heteroatoms. The van der Waals surface area contributed by atoms with Crippen LogP contribution >= 0.6 is 0 Å². The molecule has 0 aliphatic rings. The second-order valence-corrected chi connectivity index (χ2v) is 4.92. The standard InChI is InChI=1S/C15H15N7O/c1-11-4-5-13(22-10-18-20-21-22)7-14(11)19-15(23)17-9-12-3-2-6-16-8-12/h2-8,10H,9H2,1H3,(H2,17,19,23). The van der Waals surface area contributed by atoms with Gasteiger partial charge < -0.3 is 10.6 Å². The molecule has 0 saturated carbocycles. The van der Waals surface area contributed by atoms with Gasteiger partial charge in [0.15, 0.2) is 0 Å². The van der Waals surface area contributed by atoms with Gasteiger partial charge in [-0.25, -0.2) is 9.48 Å². The molecular weight excluding hydrogens is 294 g/mol. The number of aryl methyl sites for hydroxylation is 1. The minimum Gasteiger partial charge on any atom is -0.334 e. The van der Waals surface area contributed by atoms with Gasteiger partial charge >= 0.3 is 6.03 Å². The second-order valence-electron chi connectivity index (χ2n) is 4.92. The summed E-state index contributed by atoms with van der Waals surface area (Å²) in [6.07, 6.45) is 4.90. The SMILES string of the molecule is Cc1ccc(-n2cnnn2)cc1NC(=O)NCc1cccnc1. The Labute approximate surface area is 132 Å². The molecule has 116 valence electrons. The number of rotatable bonds is 4. The minimum atomic E-state index is -0.286. The molecule has 0 bridgehead atoms. The first-order valence-electron chi connectivity index (χ1n) is 7.00. The molecule has 0 unspecified atom stereocenters. The van der Waals surface area contributed by atoms with E-state index in [1.807, 2.05) is 37.3 Å². The zero-order valence-electron chi connectivity index (χ0n) is 12.5. The molecular formula is C15H15N7O. The summed E-state index contributed by atoms with van der Waals surface area (Å²) in [6, 6.07) is 9.03. The van der Waals surface area contributed by atoms with E-state index in [1.54, 1.807) is 12.4 Å². The van der Waals surface area contributed by atoms with Crippen LogP contribution in [-0.2, 0) is 6.54 Å². The fourth-order valence-corrected chi connectivity index (χ4v) is 2.02. The maximum absolute atomic E-state index is 12.0. The molecule has 0 aliphatic carbocycles. The van der Waals surface area contributed by atoms with Crippen LogP contribution in [0.15, 0.2) is 49.1 Å². The number of carbonyl (C=O) groups excluding carboxylic acids is 1. The quantitative estimate of drug-likeness (QED) is 0.764. The van der Waals surface area contributed by atoms with Crippen LogP contribution in [0.1, 0.15) is 11.1 Å². The van der Waals surface area contributed by atoms with Gasteiger partial charge in [-0.2, -0.15) is 0 Å². The number of anilines is 1. The van der Waals surface area contributed by atoms with Crippen LogP contribution in [-0.4, -0.2) is 31.2 Å². The molecule has 2 amide bonds. The number of hydrogen-bond donors (Lipinski definition) is 2. The summed E-state index contributed by atoms with van der Waals surface area (Å²) in [6.45, 7) is 2.32. The summed E-state index contributed by atoms with van der Waals surface area (Å²) < 4.78 is 1.53. The zero-order valence-corrected chi connectivity index (χ0v) is 12.5. The van der Waals surface area contributed by atoms with E-state index in [4.69, 9.17) is 0 Å². The highest BCUT2D eigenvalue weighted by molar-refractivity contribution is 5.90. The first kappa shape index (κ1) is 14.6. The highest BCUT2D eigenvalue weighted by Gasteiger charge is 2.07. The van der Waals surface area contributed by atoms with Crippen molar-refractivity contribution in [3.05, 3.63) is 60.2 Å². The molecule has 8 nitrogen and oxygen atoms in total. The van der Waals surface area contributed by atoms with Crippen molar-refractivity contribution in [2.24, 2.45) is 0 Å². The highest BCUT2D eigenvalue weighted by Crippen LogP contribution is 2.18. The first-order valence-corrected chi connectivity index (χ1v) is 7.00. The first-order chi connectivity index (χ1) is 11.2. The molecule has 0 fully saturated rings.